The fourth-order valence-electron chi connectivity index (χ4n) is 1.70. The molecule has 0 aliphatic heterocycles. The van der Waals surface area contributed by atoms with Crippen LogP contribution in [-0.2, 0) is 20.9 Å². The summed E-state index contributed by atoms with van der Waals surface area (Å²) in [6.45, 7) is 2.08. The highest BCUT2D eigenvalue weighted by Gasteiger charge is 2.08. The summed E-state index contributed by atoms with van der Waals surface area (Å²) in [5.41, 5.74) is 1.52. The molecule has 0 aliphatic rings. The summed E-state index contributed by atoms with van der Waals surface area (Å²) in [6, 6.07) is 5.63. The Bertz CT molecular complexity index is 628. The molecular formula is C15H17N3O3S. The number of hydrogen-bond donors (Lipinski definition) is 1. The lowest BCUT2D eigenvalue weighted by Crippen LogP contribution is -2.21. The number of hydrogen-bond acceptors (Lipinski definition) is 6. The van der Waals surface area contributed by atoms with Crippen molar-refractivity contribution in [2.45, 2.75) is 26.4 Å². The molecule has 0 spiro atoms. The van der Waals surface area contributed by atoms with Crippen LogP contribution >= 0.6 is 11.3 Å². The van der Waals surface area contributed by atoms with Crippen molar-refractivity contribution in [1.82, 2.24) is 15.3 Å². The third kappa shape index (κ3) is 5.25. The van der Waals surface area contributed by atoms with Gasteiger partial charge in [0.25, 0.3) is 0 Å². The van der Waals surface area contributed by atoms with Gasteiger partial charge in [-0.2, -0.15) is 0 Å². The average Bonchev–Trinajstić information content (AvgIpc) is 2.99. The van der Waals surface area contributed by atoms with Gasteiger partial charge in [0.05, 0.1) is 11.4 Å². The molecule has 0 aromatic carbocycles. The molecule has 116 valence electrons. The summed E-state index contributed by atoms with van der Waals surface area (Å²) < 4.78 is 5.16. The molecule has 2 aromatic rings. The van der Waals surface area contributed by atoms with Crippen LogP contribution in [0.4, 0.5) is 0 Å². The van der Waals surface area contributed by atoms with E-state index in [1.165, 1.54) is 18.3 Å². The number of pyridine rings is 1. The minimum Gasteiger partial charge on any atom is -0.459 e. The Balaban J connectivity index is 1.74. The van der Waals surface area contributed by atoms with Crippen LogP contribution in [0.1, 0.15) is 25.5 Å². The van der Waals surface area contributed by atoms with E-state index < -0.39 is 0 Å². The van der Waals surface area contributed by atoms with Crippen molar-refractivity contribution < 1.29 is 14.3 Å². The molecule has 2 rings (SSSR count). The van der Waals surface area contributed by atoms with Crippen molar-refractivity contribution >= 4 is 23.2 Å². The van der Waals surface area contributed by atoms with Crippen LogP contribution in [0.5, 0.6) is 0 Å². The van der Waals surface area contributed by atoms with Gasteiger partial charge in [0, 0.05) is 31.5 Å². The van der Waals surface area contributed by atoms with Crippen LogP contribution in [0.15, 0.2) is 29.8 Å². The van der Waals surface area contributed by atoms with Crippen molar-refractivity contribution in [1.29, 1.82) is 0 Å². The van der Waals surface area contributed by atoms with Gasteiger partial charge in [-0.3, -0.25) is 14.6 Å². The molecule has 0 unspecified atom stereocenters. The maximum atomic E-state index is 11.6. The lowest BCUT2D eigenvalue weighted by molar-refractivity contribution is -0.145. The van der Waals surface area contributed by atoms with Gasteiger partial charge in [-0.1, -0.05) is 6.07 Å². The SMILES string of the molecule is CC(=O)NCCCC(=O)OCc1csc(-c2ccccn2)n1. The van der Waals surface area contributed by atoms with Crippen molar-refractivity contribution in [3.8, 4) is 10.7 Å². The first kappa shape index (κ1) is 16.1. The maximum Gasteiger partial charge on any atom is 0.306 e. The molecule has 1 N–H and O–H groups in total. The minimum absolute atomic E-state index is 0.0992. The summed E-state index contributed by atoms with van der Waals surface area (Å²) >= 11 is 1.47. The van der Waals surface area contributed by atoms with Gasteiger partial charge < -0.3 is 10.1 Å². The molecule has 0 saturated heterocycles. The number of nitrogens with zero attached hydrogens (tertiary/aromatic N) is 2. The van der Waals surface area contributed by atoms with Crippen LogP contribution in [0.25, 0.3) is 10.7 Å². The Morgan fingerprint density at radius 2 is 2.23 bits per heavy atom. The number of rotatable bonds is 7. The third-order valence-corrected chi connectivity index (χ3v) is 3.66. The van der Waals surface area contributed by atoms with E-state index in [0.29, 0.717) is 18.7 Å². The van der Waals surface area contributed by atoms with Gasteiger partial charge >= 0.3 is 5.97 Å². The summed E-state index contributed by atoms with van der Waals surface area (Å²) in [7, 11) is 0. The number of esters is 1. The molecule has 2 aromatic heterocycles. The van der Waals surface area contributed by atoms with E-state index in [-0.39, 0.29) is 24.9 Å². The highest BCUT2D eigenvalue weighted by Crippen LogP contribution is 2.21. The maximum absolute atomic E-state index is 11.6. The van der Waals surface area contributed by atoms with Crippen molar-refractivity contribution in [3.05, 3.63) is 35.5 Å². The number of ether oxygens (including phenoxy) is 1. The van der Waals surface area contributed by atoms with Crippen LogP contribution in [0.2, 0.25) is 0 Å². The second-order valence-electron chi connectivity index (χ2n) is 4.61. The molecule has 22 heavy (non-hydrogen) atoms. The van der Waals surface area contributed by atoms with Gasteiger partial charge in [0.2, 0.25) is 5.91 Å². The number of aromatic nitrogens is 2. The summed E-state index contributed by atoms with van der Waals surface area (Å²) in [5.74, 6) is -0.393. The monoisotopic (exact) mass is 319 g/mol. The normalized spacial score (nSPS) is 10.2. The number of nitrogens with one attached hydrogen (secondary N) is 1. The largest absolute Gasteiger partial charge is 0.459 e. The van der Waals surface area contributed by atoms with Crippen LogP contribution in [-0.4, -0.2) is 28.4 Å². The smallest absolute Gasteiger partial charge is 0.306 e. The lowest BCUT2D eigenvalue weighted by atomic mass is 10.3. The first-order valence-corrected chi connectivity index (χ1v) is 7.79. The molecule has 0 saturated carbocycles. The minimum atomic E-state index is -0.294. The Hall–Kier alpha value is -2.28. The molecular weight excluding hydrogens is 302 g/mol. The zero-order valence-corrected chi connectivity index (χ0v) is 13.1. The van der Waals surface area contributed by atoms with Crippen LogP contribution in [0, 0.1) is 0 Å². The quantitative estimate of drug-likeness (QED) is 0.625. The zero-order chi connectivity index (χ0) is 15.8. The summed E-state index contributed by atoms with van der Waals surface area (Å²) in [6.07, 6.45) is 2.55. The van der Waals surface area contributed by atoms with Gasteiger partial charge in [-0.15, -0.1) is 11.3 Å². The predicted octanol–water partition coefficient (Wildman–Crippen LogP) is 2.16. The average molecular weight is 319 g/mol. The molecule has 1 amide bonds. The molecule has 2 heterocycles. The zero-order valence-electron chi connectivity index (χ0n) is 12.2. The molecule has 7 heteroatoms. The van der Waals surface area contributed by atoms with E-state index in [1.54, 1.807) is 6.20 Å². The second-order valence-corrected chi connectivity index (χ2v) is 5.46. The Morgan fingerprint density at radius 1 is 1.36 bits per heavy atom. The highest BCUT2D eigenvalue weighted by molar-refractivity contribution is 7.13. The first-order chi connectivity index (χ1) is 10.6. The van der Waals surface area contributed by atoms with E-state index in [9.17, 15) is 9.59 Å². The lowest BCUT2D eigenvalue weighted by Gasteiger charge is -2.03. The number of carbonyl (C=O) groups is 2. The Morgan fingerprint density at radius 3 is 2.95 bits per heavy atom. The van der Waals surface area contributed by atoms with Gasteiger partial charge in [-0.05, 0) is 18.6 Å². The molecule has 0 aliphatic carbocycles. The van der Waals surface area contributed by atoms with Crippen LogP contribution < -0.4 is 5.32 Å². The topological polar surface area (TPSA) is 81.2 Å². The molecule has 0 fully saturated rings. The molecule has 0 bridgehead atoms. The van der Waals surface area contributed by atoms with Crippen molar-refractivity contribution in [2.75, 3.05) is 6.54 Å². The molecule has 0 radical (unpaired) electrons. The second kappa shape index (κ2) is 8.23. The van der Waals surface area contributed by atoms with E-state index in [1.807, 2.05) is 23.6 Å². The van der Waals surface area contributed by atoms with Gasteiger partial charge in [0.1, 0.15) is 11.6 Å². The van der Waals surface area contributed by atoms with E-state index >= 15 is 0 Å². The number of carbonyl (C=O) groups excluding carboxylic acids is 2. The fraction of sp³-hybridized carbons (Fsp3) is 0.333. The van der Waals surface area contributed by atoms with Crippen LogP contribution in [0.3, 0.4) is 0 Å². The fourth-order valence-corrected chi connectivity index (χ4v) is 2.48. The highest BCUT2D eigenvalue weighted by atomic mass is 32.1. The van der Waals surface area contributed by atoms with E-state index in [0.717, 1.165) is 10.7 Å². The standard InChI is InChI=1S/C15H17N3O3S/c1-11(19)16-8-4-6-14(20)21-9-12-10-22-15(18-12)13-5-2-3-7-17-13/h2-3,5,7,10H,4,6,8-9H2,1H3,(H,16,19). The molecule has 0 atom stereocenters. The Kier molecular flexibility index (Phi) is 6.02. The summed E-state index contributed by atoms with van der Waals surface area (Å²) in [5, 5.41) is 5.29. The van der Waals surface area contributed by atoms with Crippen molar-refractivity contribution in [3.63, 3.8) is 0 Å². The number of amides is 1. The summed E-state index contributed by atoms with van der Waals surface area (Å²) in [4.78, 5) is 30.9. The Labute approximate surface area is 132 Å². The van der Waals surface area contributed by atoms with E-state index in [4.69, 9.17) is 4.74 Å². The van der Waals surface area contributed by atoms with E-state index in [2.05, 4.69) is 15.3 Å². The van der Waals surface area contributed by atoms with Crippen molar-refractivity contribution in [2.24, 2.45) is 0 Å². The first-order valence-electron chi connectivity index (χ1n) is 6.91. The predicted molar refractivity (Wildman–Crippen MR) is 83.1 cm³/mol. The molecule has 6 nitrogen and oxygen atoms in total. The van der Waals surface area contributed by atoms with Gasteiger partial charge in [-0.25, -0.2) is 4.98 Å². The van der Waals surface area contributed by atoms with Gasteiger partial charge in [0.15, 0.2) is 0 Å². The third-order valence-electron chi connectivity index (χ3n) is 2.75. The number of thiazole rings is 1.